The van der Waals surface area contributed by atoms with Gasteiger partial charge < -0.3 is 5.32 Å². The van der Waals surface area contributed by atoms with Crippen molar-refractivity contribution in [2.45, 2.75) is 13.0 Å². The van der Waals surface area contributed by atoms with Crippen molar-refractivity contribution in [2.24, 2.45) is 0 Å². The maximum absolute atomic E-state index is 12.7. The second-order valence-electron chi connectivity index (χ2n) is 4.98. The van der Waals surface area contributed by atoms with Gasteiger partial charge in [-0.3, -0.25) is 9.36 Å². The van der Waals surface area contributed by atoms with Crippen molar-refractivity contribution in [3.63, 3.8) is 0 Å². The Morgan fingerprint density at radius 1 is 1.38 bits per heavy atom. The van der Waals surface area contributed by atoms with Crippen molar-refractivity contribution in [1.82, 2.24) is 14.9 Å². The zero-order valence-corrected chi connectivity index (χ0v) is 13.5. The Labute approximate surface area is 133 Å². The number of nitrogens with zero attached hydrogens (tertiary/aromatic N) is 2. The second kappa shape index (κ2) is 5.05. The van der Waals surface area contributed by atoms with Gasteiger partial charge in [0.15, 0.2) is 5.01 Å². The number of halogens is 1. The molecule has 3 aromatic rings. The minimum atomic E-state index is -0.0532. The minimum Gasteiger partial charge on any atom is -0.311 e. The topological polar surface area (TPSA) is 46.9 Å². The molecule has 6 heteroatoms. The molecule has 0 unspecified atom stereocenters. The maximum Gasteiger partial charge on any atom is 0.291 e. The van der Waals surface area contributed by atoms with E-state index in [9.17, 15) is 4.79 Å². The summed E-state index contributed by atoms with van der Waals surface area (Å²) in [4.78, 5) is 18.4. The summed E-state index contributed by atoms with van der Waals surface area (Å²) in [5.41, 5.74) is 1.97. The van der Waals surface area contributed by atoms with Crippen LogP contribution in [0, 0.1) is 0 Å². The van der Waals surface area contributed by atoms with Gasteiger partial charge in [-0.05, 0) is 18.2 Å². The fraction of sp³-hybridized carbons (Fsp3) is 0.200. The number of aromatic nitrogens is 2. The van der Waals surface area contributed by atoms with Gasteiger partial charge in [-0.1, -0.05) is 22.0 Å². The van der Waals surface area contributed by atoms with Crippen LogP contribution in [0.4, 0.5) is 0 Å². The third-order valence-corrected chi connectivity index (χ3v) is 5.46. The lowest BCUT2D eigenvalue weighted by Crippen LogP contribution is -2.22. The van der Waals surface area contributed by atoms with Crippen LogP contribution in [0.1, 0.15) is 20.4 Å². The SMILES string of the molecule is O=C(c1nc2c(s1)CNCC2)n1ccc2c(Br)cccc21. The summed E-state index contributed by atoms with van der Waals surface area (Å²) >= 11 is 5.01. The molecule has 3 heterocycles. The highest BCUT2D eigenvalue weighted by molar-refractivity contribution is 9.10. The van der Waals surface area contributed by atoms with Crippen molar-refractivity contribution in [3.8, 4) is 0 Å². The molecular formula is C15H12BrN3OS. The van der Waals surface area contributed by atoms with Gasteiger partial charge in [0.25, 0.3) is 5.91 Å². The molecular weight excluding hydrogens is 350 g/mol. The molecule has 0 saturated heterocycles. The molecule has 0 saturated carbocycles. The predicted molar refractivity (Wildman–Crippen MR) is 86.9 cm³/mol. The summed E-state index contributed by atoms with van der Waals surface area (Å²) in [5.74, 6) is -0.0532. The van der Waals surface area contributed by atoms with E-state index in [4.69, 9.17) is 0 Å². The van der Waals surface area contributed by atoms with Crippen molar-refractivity contribution >= 4 is 44.1 Å². The van der Waals surface area contributed by atoms with Crippen LogP contribution >= 0.6 is 27.3 Å². The Hall–Kier alpha value is -1.50. The van der Waals surface area contributed by atoms with Gasteiger partial charge in [0.2, 0.25) is 0 Å². The van der Waals surface area contributed by atoms with Crippen molar-refractivity contribution < 1.29 is 4.79 Å². The first-order chi connectivity index (χ1) is 10.2. The molecule has 0 amide bonds. The lowest BCUT2D eigenvalue weighted by molar-refractivity contribution is 0.0964. The highest BCUT2D eigenvalue weighted by Crippen LogP contribution is 2.27. The zero-order valence-electron chi connectivity index (χ0n) is 11.1. The smallest absolute Gasteiger partial charge is 0.291 e. The first-order valence-electron chi connectivity index (χ1n) is 6.73. The van der Waals surface area contributed by atoms with E-state index in [0.29, 0.717) is 5.01 Å². The van der Waals surface area contributed by atoms with E-state index in [1.165, 1.54) is 16.2 Å². The number of fused-ring (bicyclic) bond motifs is 2. The van der Waals surface area contributed by atoms with Crippen LogP contribution in [0.5, 0.6) is 0 Å². The van der Waals surface area contributed by atoms with Crippen LogP contribution in [-0.4, -0.2) is 22.0 Å². The van der Waals surface area contributed by atoms with E-state index in [1.807, 2.05) is 30.5 Å². The fourth-order valence-corrected chi connectivity index (χ4v) is 4.13. The van der Waals surface area contributed by atoms with Crippen molar-refractivity contribution in [2.75, 3.05) is 6.54 Å². The summed E-state index contributed by atoms with van der Waals surface area (Å²) in [6.45, 7) is 1.75. The first-order valence-corrected chi connectivity index (χ1v) is 8.34. The molecule has 0 spiro atoms. The van der Waals surface area contributed by atoms with Crippen LogP contribution in [-0.2, 0) is 13.0 Å². The number of hydrogen-bond acceptors (Lipinski definition) is 4. The molecule has 21 heavy (non-hydrogen) atoms. The molecule has 2 aromatic heterocycles. The second-order valence-corrected chi connectivity index (χ2v) is 6.92. The van der Waals surface area contributed by atoms with E-state index < -0.39 is 0 Å². The highest BCUT2D eigenvalue weighted by atomic mass is 79.9. The number of rotatable bonds is 1. The van der Waals surface area contributed by atoms with Gasteiger partial charge >= 0.3 is 0 Å². The molecule has 0 fully saturated rings. The molecule has 4 rings (SSSR count). The van der Waals surface area contributed by atoms with Gasteiger partial charge in [-0.25, -0.2) is 4.98 Å². The first kappa shape index (κ1) is 13.2. The Bertz CT molecular complexity index is 828. The van der Waals surface area contributed by atoms with E-state index in [0.717, 1.165) is 40.6 Å². The van der Waals surface area contributed by atoms with Crippen LogP contribution in [0.25, 0.3) is 10.9 Å². The maximum atomic E-state index is 12.7. The number of hydrogen-bond donors (Lipinski definition) is 1. The fourth-order valence-electron chi connectivity index (χ4n) is 2.63. The molecule has 1 aliphatic heterocycles. The predicted octanol–water partition coefficient (Wildman–Crippen LogP) is 3.19. The third kappa shape index (κ3) is 2.14. The molecule has 106 valence electrons. The van der Waals surface area contributed by atoms with Gasteiger partial charge in [0.1, 0.15) is 0 Å². The van der Waals surface area contributed by atoms with Crippen molar-refractivity contribution in [1.29, 1.82) is 0 Å². The number of nitrogens with one attached hydrogen (secondary N) is 1. The molecule has 1 aromatic carbocycles. The molecule has 1 aliphatic rings. The third-order valence-electron chi connectivity index (χ3n) is 3.68. The van der Waals surface area contributed by atoms with Crippen LogP contribution in [0.15, 0.2) is 34.9 Å². The zero-order chi connectivity index (χ0) is 14.4. The largest absolute Gasteiger partial charge is 0.311 e. The van der Waals surface area contributed by atoms with E-state index in [2.05, 4.69) is 26.2 Å². The number of benzene rings is 1. The molecule has 0 bridgehead atoms. The average molecular weight is 362 g/mol. The average Bonchev–Trinajstić information content (AvgIpc) is 3.11. The number of thiazole rings is 1. The Morgan fingerprint density at radius 2 is 2.29 bits per heavy atom. The summed E-state index contributed by atoms with van der Waals surface area (Å²) in [5, 5.41) is 4.92. The Balaban J connectivity index is 1.79. The number of carbonyl (C=O) groups is 1. The molecule has 4 nitrogen and oxygen atoms in total. The molecule has 0 aliphatic carbocycles. The van der Waals surface area contributed by atoms with E-state index >= 15 is 0 Å². The molecule has 0 radical (unpaired) electrons. The minimum absolute atomic E-state index is 0.0532. The Morgan fingerprint density at radius 3 is 3.14 bits per heavy atom. The van der Waals surface area contributed by atoms with Gasteiger partial charge in [0.05, 0.1) is 11.2 Å². The van der Waals surface area contributed by atoms with Crippen LogP contribution < -0.4 is 5.32 Å². The van der Waals surface area contributed by atoms with Gasteiger partial charge in [-0.2, -0.15) is 0 Å². The van der Waals surface area contributed by atoms with E-state index in [-0.39, 0.29) is 5.91 Å². The monoisotopic (exact) mass is 361 g/mol. The van der Waals surface area contributed by atoms with Crippen LogP contribution in [0.2, 0.25) is 0 Å². The normalized spacial score (nSPS) is 14.3. The summed E-state index contributed by atoms with van der Waals surface area (Å²) in [7, 11) is 0. The van der Waals surface area contributed by atoms with Gasteiger partial charge in [0, 0.05) is 40.4 Å². The quantitative estimate of drug-likeness (QED) is 0.723. The molecule has 1 N–H and O–H groups in total. The lowest BCUT2D eigenvalue weighted by Gasteiger charge is -2.09. The molecule has 0 atom stereocenters. The van der Waals surface area contributed by atoms with E-state index in [1.54, 1.807) is 4.57 Å². The standard InChI is InChI=1S/C15H12BrN3OS/c16-10-2-1-3-12-9(10)5-7-19(12)15(20)14-18-11-4-6-17-8-13(11)21-14/h1-3,5,7,17H,4,6,8H2. The van der Waals surface area contributed by atoms with Crippen LogP contribution in [0.3, 0.4) is 0 Å². The van der Waals surface area contributed by atoms with Crippen molar-refractivity contribution in [3.05, 3.63) is 50.5 Å². The summed E-state index contributed by atoms with van der Waals surface area (Å²) in [6, 6.07) is 7.82. The highest BCUT2D eigenvalue weighted by Gasteiger charge is 2.21. The van der Waals surface area contributed by atoms with Gasteiger partial charge in [-0.15, -0.1) is 11.3 Å². The summed E-state index contributed by atoms with van der Waals surface area (Å²) in [6.07, 6.45) is 2.72. The number of carbonyl (C=O) groups excluding carboxylic acids is 1. The lowest BCUT2D eigenvalue weighted by atomic mass is 10.2. The summed E-state index contributed by atoms with van der Waals surface area (Å²) < 4.78 is 2.67. The Kier molecular flexibility index (Phi) is 3.17.